The molecule has 90 valence electrons. The maximum Gasteiger partial charge on any atom is 0.0531 e. The first-order valence-electron chi connectivity index (χ1n) is 6.41. The third-order valence-electron chi connectivity index (χ3n) is 4.19. The Hall–Kier alpha value is -1.47. The van der Waals surface area contributed by atoms with E-state index in [1.54, 1.807) is 0 Å². The average molecular weight is 256 g/mol. The summed E-state index contributed by atoms with van der Waals surface area (Å²) >= 11 is 6.75. The molecule has 4 rings (SSSR count). The van der Waals surface area contributed by atoms with E-state index in [1.165, 1.54) is 16.9 Å². The Balaban J connectivity index is 1.84. The lowest BCUT2D eigenvalue weighted by molar-refractivity contribution is 0.461. The van der Waals surface area contributed by atoms with Crippen molar-refractivity contribution in [2.75, 3.05) is 5.32 Å². The standard InChI is InChI=1S/C16H14ClN/c17-16-11-6-2-1-5-10(11)9-14-15(16)12-7-3-4-8-13(12)18-14/h1-11,15-16,18H. The van der Waals surface area contributed by atoms with Gasteiger partial charge in [-0.3, -0.25) is 0 Å². The molecule has 3 aliphatic rings. The second-order valence-corrected chi connectivity index (χ2v) is 5.68. The molecule has 0 amide bonds. The fraction of sp³-hybridized carbons (Fsp3) is 0.250. The molecular weight excluding hydrogens is 242 g/mol. The molecule has 1 aromatic carbocycles. The summed E-state index contributed by atoms with van der Waals surface area (Å²) in [6.07, 6.45) is 11.1. The molecule has 0 spiro atoms. The Labute approximate surface area is 112 Å². The van der Waals surface area contributed by atoms with Gasteiger partial charge in [-0.2, -0.15) is 0 Å². The van der Waals surface area contributed by atoms with E-state index in [1.807, 2.05) is 0 Å². The fourth-order valence-corrected chi connectivity index (χ4v) is 3.85. The Bertz CT molecular complexity index is 585. The highest BCUT2D eigenvalue weighted by Gasteiger charge is 2.42. The highest BCUT2D eigenvalue weighted by atomic mass is 35.5. The summed E-state index contributed by atoms with van der Waals surface area (Å²) in [4.78, 5) is 0. The zero-order chi connectivity index (χ0) is 12.1. The summed E-state index contributed by atoms with van der Waals surface area (Å²) in [5, 5.41) is 3.65. The van der Waals surface area contributed by atoms with Crippen molar-refractivity contribution in [1.29, 1.82) is 0 Å². The van der Waals surface area contributed by atoms with Crippen LogP contribution in [0.4, 0.5) is 5.69 Å². The van der Waals surface area contributed by atoms with E-state index in [2.05, 4.69) is 60.0 Å². The van der Waals surface area contributed by atoms with Gasteiger partial charge in [0.15, 0.2) is 0 Å². The lowest BCUT2D eigenvalue weighted by Crippen LogP contribution is -2.32. The second-order valence-electron chi connectivity index (χ2n) is 5.18. The number of para-hydroxylation sites is 1. The summed E-state index contributed by atoms with van der Waals surface area (Å²) in [7, 11) is 0. The van der Waals surface area contributed by atoms with E-state index in [-0.39, 0.29) is 5.38 Å². The molecule has 2 aliphatic carbocycles. The van der Waals surface area contributed by atoms with Crippen LogP contribution in [0.25, 0.3) is 0 Å². The average Bonchev–Trinajstić information content (AvgIpc) is 2.77. The van der Waals surface area contributed by atoms with Crippen LogP contribution in [0.15, 0.2) is 60.3 Å². The van der Waals surface area contributed by atoms with Crippen molar-refractivity contribution in [3.05, 3.63) is 65.9 Å². The van der Waals surface area contributed by atoms with Gasteiger partial charge >= 0.3 is 0 Å². The lowest BCUT2D eigenvalue weighted by atomic mass is 9.74. The van der Waals surface area contributed by atoms with Gasteiger partial charge in [0.1, 0.15) is 0 Å². The van der Waals surface area contributed by atoms with Crippen molar-refractivity contribution in [3.63, 3.8) is 0 Å². The Morgan fingerprint density at radius 2 is 1.89 bits per heavy atom. The van der Waals surface area contributed by atoms with Crippen molar-refractivity contribution in [2.24, 2.45) is 11.8 Å². The number of allylic oxidation sites excluding steroid dienone is 6. The third kappa shape index (κ3) is 1.34. The van der Waals surface area contributed by atoms with Crippen LogP contribution in [-0.4, -0.2) is 5.38 Å². The Kier molecular flexibility index (Phi) is 2.18. The van der Waals surface area contributed by atoms with Crippen molar-refractivity contribution in [1.82, 2.24) is 0 Å². The number of rotatable bonds is 0. The lowest BCUT2D eigenvalue weighted by Gasteiger charge is -2.35. The molecule has 4 unspecified atom stereocenters. The van der Waals surface area contributed by atoms with E-state index in [0.717, 1.165) is 0 Å². The number of hydrogen-bond acceptors (Lipinski definition) is 1. The maximum absolute atomic E-state index is 6.75. The monoisotopic (exact) mass is 255 g/mol. The van der Waals surface area contributed by atoms with Gasteiger partial charge in [-0.25, -0.2) is 0 Å². The van der Waals surface area contributed by atoms with Gasteiger partial charge in [0.05, 0.1) is 5.38 Å². The van der Waals surface area contributed by atoms with Crippen LogP contribution >= 0.6 is 11.6 Å². The molecule has 1 heterocycles. The van der Waals surface area contributed by atoms with E-state index >= 15 is 0 Å². The molecule has 0 saturated heterocycles. The van der Waals surface area contributed by atoms with Crippen LogP contribution in [0.5, 0.6) is 0 Å². The van der Waals surface area contributed by atoms with E-state index in [0.29, 0.717) is 17.8 Å². The van der Waals surface area contributed by atoms with Gasteiger partial charge in [-0.15, -0.1) is 11.6 Å². The smallest absolute Gasteiger partial charge is 0.0531 e. The number of nitrogens with one attached hydrogen (secondary N) is 1. The van der Waals surface area contributed by atoms with Crippen molar-refractivity contribution < 1.29 is 0 Å². The maximum atomic E-state index is 6.75. The molecule has 1 aliphatic heterocycles. The quantitative estimate of drug-likeness (QED) is 0.690. The molecule has 0 saturated carbocycles. The normalized spacial score (nSPS) is 35.3. The van der Waals surface area contributed by atoms with Crippen molar-refractivity contribution in [3.8, 4) is 0 Å². The van der Waals surface area contributed by atoms with Crippen LogP contribution in [0, 0.1) is 11.8 Å². The molecule has 18 heavy (non-hydrogen) atoms. The third-order valence-corrected chi connectivity index (χ3v) is 4.73. The molecule has 0 radical (unpaired) electrons. The first kappa shape index (κ1) is 10.5. The van der Waals surface area contributed by atoms with Gasteiger partial charge < -0.3 is 5.32 Å². The summed E-state index contributed by atoms with van der Waals surface area (Å²) in [5.74, 6) is 1.17. The number of hydrogen-bond donors (Lipinski definition) is 1. The largest absolute Gasteiger partial charge is 0.358 e. The molecule has 0 aromatic heterocycles. The fourth-order valence-electron chi connectivity index (χ4n) is 3.33. The predicted molar refractivity (Wildman–Crippen MR) is 75.8 cm³/mol. The van der Waals surface area contributed by atoms with Crippen LogP contribution in [0.1, 0.15) is 11.5 Å². The molecule has 0 fully saturated rings. The summed E-state index contributed by atoms with van der Waals surface area (Å²) in [6.45, 7) is 0. The zero-order valence-corrected chi connectivity index (χ0v) is 10.6. The number of alkyl halides is 1. The van der Waals surface area contributed by atoms with E-state index in [4.69, 9.17) is 11.6 Å². The van der Waals surface area contributed by atoms with Crippen LogP contribution in [0.3, 0.4) is 0 Å². The number of anilines is 1. The molecule has 0 bridgehead atoms. The van der Waals surface area contributed by atoms with Gasteiger partial charge in [0.25, 0.3) is 0 Å². The van der Waals surface area contributed by atoms with Crippen molar-refractivity contribution >= 4 is 17.3 Å². The molecule has 1 aromatic rings. The first-order valence-corrected chi connectivity index (χ1v) is 6.85. The molecule has 4 atom stereocenters. The first-order chi connectivity index (χ1) is 8.84. The van der Waals surface area contributed by atoms with E-state index < -0.39 is 0 Å². The Morgan fingerprint density at radius 1 is 1.06 bits per heavy atom. The minimum absolute atomic E-state index is 0.132. The minimum Gasteiger partial charge on any atom is -0.358 e. The second kappa shape index (κ2) is 3.76. The summed E-state index contributed by atoms with van der Waals surface area (Å²) in [5.41, 5.74) is 3.83. The number of fused-ring (bicyclic) bond motifs is 4. The van der Waals surface area contributed by atoms with Gasteiger partial charge in [0.2, 0.25) is 0 Å². The molecular formula is C16H14ClN. The molecule has 1 N–H and O–H groups in total. The van der Waals surface area contributed by atoms with Crippen LogP contribution < -0.4 is 5.32 Å². The van der Waals surface area contributed by atoms with Gasteiger partial charge in [-0.05, 0) is 11.6 Å². The highest BCUT2D eigenvalue weighted by Crippen LogP contribution is 2.50. The van der Waals surface area contributed by atoms with Crippen molar-refractivity contribution in [2.45, 2.75) is 11.3 Å². The predicted octanol–water partition coefficient (Wildman–Crippen LogP) is 4.06. The minimum atomic E-state index is 0.132. The van der Waals surface area contributed by atoms with E-state index in [9.17, 15) is 0 Å². The summed E-state index contributed by atoms with van der Waals surface area (Å²) < 4.78 is 0. The number of benzene rings is 1. The topological polar surface area (TPSA) is 12.0 Å². The molecule has 1 nitrogen and oxygen atoms in total. The zero-order valence-electron chi connectivity index (χ0n) is 9.88. The highest BCUT2D eigenvalue weighted by molar-refractivity contribution is 6.22. The van der Waals surface area contributed by atoms with Crippen LogP contribution in [0.2, 0.25) is 0 Å². The van der Waals surface area contributed by atoms with Gasteiger partial charge in [0, 0.05) is 29.1 Å². The Morgan fingerprint density at radius 3 is 2.83 bits per heavy atom. The SMILES string of the molecule is ClC1C2C(=CC3C=CC=CC31)Nc1ccccc12. The summed E-state index contributed by atoms with van der Waals surface area (Å²) in [6, 6.07) is 8.48. The molecule has 2 heteroatoms. The van der Waals surface area contributed by atoms with Crippen LogP contribution in [-0.2, 0) is 0 Å². The number of halogens is 1. The van der Waals surface area contributed by atoms with Gasteiger partial charge in [-0.1, -0.05) is 48.6 Å².